The van der Waals surface area contributed by atoms with Gasteiger partial charge in [0.25, 0.3) is 11.5 Å². The van der Waals surface area contributed by atoms with Crippen molar-refractivity contribution in [2.75, 3.05) is 44.3 Å². The van der Waals surface area contributed by atoms with Gasteiger partial charge in [0.15, 0.2) is 0 Å². The number of carbonyl (C=O) groups excluding carboxylic acids is 1. The predicted molar refractivity (Wildman–Crippen MR) is 106 cm³/mol. The molecule has 9 heteroatoms. The highest BCUT2D eigenvalue weighted by atomic mass is 16.5. The fourth-order valence-electron chi connectivity index (χ4n) is 4.91. The van der Waals surface area contributed by atoms with E-state index in [1.807, 2.05) is 11.8 Å². The van der Waals surface area contributed by atoms with Crippen LogP contribution < -0.4 is 10.5 Å². The van der Waals surface area contributed by atoms with E-state index in [4.69, 9.17) is 9.72 Å². The third-order valence-electron chi connectivity index (χ3n) is 6.71. The van der Waals surface area contributed by atoms with E-state index in [1.54, 1.807) is 6.33 Å². The minimum absolute atomic E-state index is 0.0148. The first-order valence-corrected chi connectivity index (χ1v) is 10.3. The van der Waals surface area contributed by atoms with E-state index in [0.29, 0.717) is 37.9 Å². The van der Waals surface area contributed by atoms with Crippen molar-refractivity contribution in [3.8, 4) is 0 Å². The Bertz CT molecular complexity index is 982. The van der Waals surface area contributed by atoms with Gasteiger partial charge in [-0.25, -0.2) is 9.97 Å². The summed E-state index contributed by atoms with van der Waals surface area (Å²) in [5, 5.41) is 0. The molecule has 2 fully saturated rings. The van der Waals surface area contributed by atoms with Gasteiger partial charge >= 0.3 is 0 Å². The number of likely N-dealkylation sites (tertiary alicyclic amines) is 1. The Morgan fingerprint density at radius 1 is 1.17 bits per heavy atom. The molecule has 29 heavy (non-hydrogen) atoms. The first-order valence-electron chi connectivity index (χ1n) is 10.3. The van der Waals surface area contributed by atoms with Gasteiger partial charge in [0.05, 0.1) is 25.2 Å². The van der Waals surface area contributed by atoms with Crippen LogP contribution in [0.1, 0.15) is 46.7 Å². The molecule has 3 aliphatic rings. The van der Waals surface area contributed by atoms with Crippen molar-refractivity contribution in [3.63, 3.8) is 0 Å². The molecular formula is C20H26N6O3. The highest BCUT2D eigenvalue weighted by Crippen LogP contribution is 2.44. The second-order valence-corrected chi connectivity index (χ2v) is 8.26. The number of ether oxygens (including phenoxy) is 1. The summed E-state index contributed by atoms with van der Waals surface area (Å²) < 4.78 is 5.42. The summed E-state index contributed by atoms with van der Waals surface area (Å²) in [5.74, 6) is 0.633. The first-order chi connectivity index (χ1) is 14.1. The third-order valence-corrected chi connectivity index (χ3v) is 6.71. The van der Waals surface area contributed by atoms with Crippen molar-refractivity contribution < 1.29 is 9.53 Å². The summed E-state index contributed by atoms with van der Waals surface area (Å²) in [6, 6.07) is 0. The molecule has 5 rings (SSSR count). The number of hydrogen-bond acceptors (Lipinski definition) is 6. The van der Waals surface area contributed by atoms with Crippen molar-refractivity contribution in [1.82, 2.24) is 24.8 Å². The molecule has 2 aliphatic heterocycles. The summed E-state index contributed by atoms with van der Waals surface area (Å²) in [7, 11) is 0. The number of nitrogens with one attached hydrogen (secondary N) is 2. The standard InChI is InChI=1S/C20H26N6O3/c1-13-15(22-12-21-13)18(28)25-6-4-20(5-7-25)3-2-14-16(20)23-19(24-17(14)27)26-8-10-29-11-9-26/h12H,2-11H2,1H3,(H,21,22)(H,23,24,27). The Balaban J connectivity index is 1.39. The number of nitrogens with zero attached hydrogens (tertiary/aromatic N) is 4. The molecule has 1 amide bonds. The number of anilines is 1. The van der Waals surface area contributed by atoms with Crippen LogP contribution in [0.25, 0.3) is 0 Å². The molecule has 154 valence electrons. The van der Waals surface area contributed by atoms with Gasteiger partial charge in [-0.3, -0.25) is 14.6 Å². The number of piperidine rings is 1. The number of amides is 1. The molecule has 0 aromatic carbocycles. The van der Waals surface area contributed by atoms with Crippen molar-refractivity contribution in [2.24, 2.45) is 0 Å². The minimum atomic E-state index is -0.109. The molecular weight excluding hydrogens is 372 g/mol. The van der Waals surface area contributed by atoms with Crippen molar-refractivity contribution >= 4 is 11.9 Å². The molecule has 4 heterocycles. The Morgan fingerprint density at radius 2 is 1.93 bits per heavy atom. The number of morpholine rings is 1. The zero-order valence-electron chi connectivity index (χ0n) is 16.7. The van der Waals surface area contributed by atoms with Gasteiger partial charge in [-0.05, 0) is 32.6 Å². The number of H-pyrrole nitrogens is 2. The van der Waals surface area contributed by atoms with Crippen LogP contribution in [0.5, 0.6) is 0 Å². The molecule has 9 nitrogen and oxygen atoms in total. The highest BCUT2D eigenvalue weighted by molar-refractivity contribution is 5.93. The summed E-state index contributed by atoms with van der Waals surface area (Å²) in [6.45, 7) is 5.95. The fraction of sp³-hybridized carbons (Fsp3) is 0.600. The number of carbonyl (C=O) groups is 1. The van der Waals surface area contributed by atoms with Crippen LogP contribution >= 0.6 is 0 Å². The molecule has 1 spiro atoms. The number of fused-ring (bicyclic) bond motifs is 2. The fourth-order valence-corrected chi connectivity index (χ4v) is 4.91. The van der Waals surface area contributed by atoms with Crippen LogP contribution in [0.15, 0.2) is 11.1 Å². The largest absolute Gasteiger partial charge is 0.378 e. The van der Waals surface area contributed by atoms with E-state index >= 15 is 0 Å². The van der Waals surface area contributed by atoms with E-state index in [-0.39, 0.29) is 16.9 Å². The second-order valence-electron chi connectivity index (χ2n) is 8.26. The topological polar surface area (TPSA) is 107 Å². The van der Waals surface area contributed by atoms with Gasteiger partial charge < -0.3 is 19.5 Å². The third kappa shape index (κ3) is 3.04. The van der Waals surface area contributed by atoms with Gasteiger partial charge in [0.1, 0.15) is 5.69 Å². The predicted octanol–water partition coefficient (Wildman–Crippen LogP) is 0.758. The van der Waals surface area contributed by atoms with Gasteiger partial charge in [-0.1, -0.05) is 0 Å². The van der Waals surface area contributed by atoms with Crippen LogP contribution in [-0.4, -0.2) is 70.1 Å². The molecule has 0 bridgehead atoms. The molecule has 0 unspecified atom stereocenters. The Hall–Kier alpha value is -2.68. The monoisotopic (exact) mass is 398 g/mol. The Morgan fingerprint density at radius 3 is 2.62 bits per heavy atom. The van der Waals surface area contributed by atoms with Gasteiger partial charge in [-0.15, -0.1) is 0 Å². The maximum Gasteiger partial charge on any atom is 0.274 e. The summed E-state index contributed by atoms with van der Waals surface area (Å²) in [5.41, 5.74) is 2.94. The van der Waals surface area contributed by atoms with E-state index in [2.05, 4.69) is 19.9 Å². The molecule has 1 aliphatic carbocycles. The maximum absolute atomic E-state index is 12.8. The van der Waals surface area contributed by atoms with Crippen LogP contribution in [0.2, 0.25) is 0 Å². The summed E-state index contributed by atoms with van der Waals surface area (Å²) in [6.07, 6.45) is 4.90. The van der Waals surface area contributed by atoms with E-state index < -0.39 is 0 Å². The zero-order chi connectivity index (χ0) is 20.0. The number of hydrogen-bond donors (Lipinski definition) is 2. The SMILES string of the molecule is Cc1[nH]cnc1C(=O)N1CCC2(CCc3c2nc(N2CCOCC2)[nH]c3=O)CC1. The van der Waals surface area contributed by atoms with Gasteiger partial charge in [0.2, 0.25) is 5.95 Å². The van der Waals surface area contributed by atoms with E-state index in [0.717, 1.165) is 55.7 Å². The van der Waals surface area contributed by atoms with Crippen LogP contribution in [0.3, 0.4) is 0 Å². The van der Waals surface area contributed by atoms with Crippen LogP contribution in [-0.2, 0) is 16.6 Å². The molecule has 0 radical (unpaired) electrons. The van der Waals surface area contributed by atoms with Gasteiger partial charge in [-0.2, -0.15) is 0 Å². The van der Waals surface area contributed by atoms with Gasteiger partial charge in [0, 0.05) is 42.9 Å². The highest BCUT2D eigenvalue weighted by Gasteiger charge is 2.45. The molecule has 2 saturated heterocycles. The molecule has 0 saturated carbocycles. The summed E-state index contributed by atoms with van der Waals surface area (Å²) in [4.78, 5) is 44.6. The second kappa shape index (κ2) is 6.98. The number of rotatable bonds is 2. The van der Waals surface area contributed by atoms with Crippen molar-refractivity contribution in [1.29, 1.82) is 0 Å². The lowest BCUT2D eigenvalue weighted by molar-refractivity contribution is 0.0657. The van der Waals surface area contributed by atoms with E-state index in [1.165, 1.54) is 0 Å². The summed E-state index contributed by atoms with van der Waals surface area (Å²) >= 11 is 0. The lowest BCUT2D eigenvalue weighted by Crippen LogP contribution is -2.45. The Kier molecular flexibility index (Phi) is 4.42. The molecule has 2 aromatic heterocycles. The molecule has 2 N–H and O–H groups in total. The lowest BCUT2D eigenvalue weighted by Gasteiger charge is -2.39. The number of aromatic amines is 2. The average molecular weight is 398 g/mol. The smallest absolute Gasteiger partial charge is 0.274 e. The quantitative estimate of drug-likeness (QED) is 0.773. The Labute approximate surface area is 168 Å². The van der Waals surface area contributed by atoms with Crippen molar-refractivity contribution in [3.05, 3.63) is 39.3 Å². The van der Waals surface area contributed by atoms with Crippen LogP contribution in [0, 0.1) is 6.92 Å². The molecule has 2 aromatic rings. The zero-order valence-corrected chi connectivity index (χ0v) is 16.7. The maximum atomic E-state index is 12.8. The number of aryl methyl sites for hydroxylation is 1. The molecule has 0 atom stereocenters. The van der Waals surface area contributed by atoms with Crippen LogP contribution in [0.4, 0.5) is 5.95 Å². The minimum Gasteiger partial charge on any atom is -0.378 e. The number of imidazole rings is 1. The van der Waals surface area contributed by atoms with E-state index in [9.17, 15) is 9.59 Å². The lowest BCUT2D eigenvalue weighted by atomic mass is 9.76. The van der Waals surface area contributed by atoms with Crippen molar-refractivity contribution in [2.45, 2.75) is 38.0 Å². The average Bonchev–Trinajstić information content (AvgIpc) is 3.33. The normalized spacial score (nSPS) is 20.9. The first kappa shape index (κ1) is 18.4. The number of aromatic nitrogens is 4.